The number of hydrogen-bond acceptors (Lipinski definition) is 6. The molecule has 1 aromatic heterocycles. The van der Waals surface area contributed by atoms with Gasteiger partial charge < -0.3 is 20.2 Å². The Bertz CT molecular complexity index is 1220. The number of alkyl carbamates (subject to hydrolysis) is 1. The fourth-order valence-electron chi connectivity index (χ4n) is 4.83. The number of thiophene rings is 1. The van der Waals surface area contributed by atoms with Gasteiger partial charge in [-0.2, -0.15) is 0 Å². The molecule has 8 heteroatoms. The molecule has 0 saturated carbocycles. The highest BCUT2D eigenvalue weighted by molar-refractivity contribution is 7.17. The van der Waals surface area contributed by atoms with Gasteiger partial charge >= 0.3 is 6.09 Å². The van der Waals surface area contributed by atoms with Crippen molar-refractivity contribution >= 4 is 39.7 Å². The van der Waals surface area contributed by atoms with E-state index in [1.54, 1.807) is 32.1 Å². The van der Waals surface area contributed by atoms with Crippen LogP contribution < -0.4 is 10.6 Å². The highest BCUT2D eigenvalue weighted by Crippen LogP contribution is 2.27. The Hall–Kier alpha value is -3.23. The van der Waals surface area contributed by atoms with Gasteiger partial charge in [0.05, 0.1) is 0 Å². The molecule has 2 amide bonds. The number of carbonyl (C=O) groups excluding carboxylic acids is 3. The van der Waals surface area contributed by atoms with E-state index >= 15 is 0 Å². The molecule has 4 rings (SSSR count). The summed E-state index contributed by atoms with van der Waals surface area (Å²) in [5.41, 5.74) is 1.43. The Balaban J connectivity index is 1.50. The molecule has 2 aromatic carbocycles. The molecule has 37 heavy (non-hydrogen) atoms. The van der Waals surface area contributed by atoms with Crippen molar-refractivity contribution in [3.05, 3.63) is 71.1 Å². The summed E-state index contributed by atoms with van der Waals surface area (Å²) >= 11 is 1.60. The molecule has 2 heterocycles. The van der Waals surface area contributed by atoms with E-state index in [4.69, 9.17) is 4.74 Å². The van der Waals surface area contributed by atoms with Crippen molar-refractivity contribution in [2.24, 2.45) is 0 Å². The maximum Gasteiger partial charge on any atom is 0.408 e. The van der Waals surface area contributed by atoms with Crippen molar-refractivity contribution in [1.29, 1.82) is 0 Å². The molecule has 0 aliphatic carbocycles. The van der Waals surface area contributed by atoms with E-state index in [-0.39, 0.29) is 6.04 Å². The van der Waals surface area contributed by atoms with Gasteiger partial charge in [-0.3, -0.25) is 9.69 Å². The number of nitrogens with one attached hydrogen (secondary N) is 2. The van der Waals surface area contributed by atoms with Crippen LogP contribution in [0.3, 0.4) is 0 Å². The second-order valence-electron chi connectivity index (χ2n) is 10.5. The van der Waals surface area contributed by atoms with Gasteiger partial charge in [0.25, 0.3) is 0 Å². The summed E-state index contributed by atoms with van der Waals surface area (Å²) in [5, 5.41) is 8.75. The molecule has 1 saturated heterocycles. The summed E-state index contributed by atoms with van der Waals surface area (Å²) in [6.07, 6.45) is 2.21. The summed E-state index contributed by atoms with van der Waals surface area (Å²) in [5.74, 6) is -0.398. The Labute approximate surface area is 222 Å². The molecule has 3 aromatic rings. The molecule has 0 bridgehead atoms. The van der Waals surface area contributed by atoms with Crippen LogP contribution in [0.2, 0.25) is 0 Å². The zero-order valence-corrected chi connectivity index (χ0v) is 22.4. The quantitative estimate of drug-likeness (QED) is 0.399. The summed E-state index contributed by atoms with van der Waals surface area (Å²) in [7, 11) is 0. The molecular weight excluding hydrogens is 486 g/mol. The van der Waals surface area contributed by atoms with Crippen LogP contribution in [0.25, 0.3) is 10.1 Å². The number of amides is 2. The van der Waals surface area contributed by atoms with Crippen LogP contribution >= 0.6 is 11.3 Å². The van der Waals surface area contributed by atoms with Crippen molar-refractivity contribution in [2.45, 2.75) is 70.3 Å². The first kappa shape index (κ1) is 26.8. The fourth-order valence-corrected chi connectivity index (χ4v) is 5.80. The number of likely N-dealkylation sites (tertiary alicyclic amines) is 1. The van der Waals surface area contributed by atoms with Gasteiger partial charge in [-0.25, -0.2) is 4.79 Å². The van der Waals surface area contributed by atoms with Crippen LogP contribution in [-0.4, -0.2) is 53.5 Å². The Morgan fingerprint density at radius 3 is 2.57 bits per heavy atom. The van der Waals surface area contributed by atoms with Crippen molar-refractivity contribution in [3.63, 3.8) is 0 Å². The summed E-state index contributed by atoms with van der Waals surface area (Å²) < 4.78 is 6.55. The van der Waals surface area contributed by atoms with Crippen LogP contribution in [0.4, 0.5) is 4.79 Å². The average molecular weight is 522 g/mol. The molecule has 1 unspecified atom stereocenters. The van der Waals surface area contributed by atoms with Gasteiger partial charge in [-0.15, -0.1) is 11.3 Å². The third-order valence-corrected chi connectivity index (χ3v) is 7.52. The summed E-state index contributed by atoms with van der Waals surface area (Å²) in [6.45, 7) is 6.90. The number of aldehydes is 1. The minimum Gasteiger partial charge on any atom is -0.444 e. The van der Waals surface area contributed by atoms with Crippen LogP contribution in [0.15, 0.2) is 60.0 Å². The first-order chi connectivity index (χ1) is 17.7. The molecule has 196 valence electrons. The largest absolute Gasteiger partial charge is 0.444 e. The smallest absolute Gasteiger partial charge is 0.408 e. The van der Waals surface area contributed by atoms with Crippen LogP contribution in [-0.2, 0) is 27.3 Å². The standard InChI is InChI=1S/C29H35N3O4S/c1-29(2,3)36-28(35)31-23(16-21-19-37-26-14-8-7-12-22(21)26)27(34)30-24(18-33)25-13-9-15-32(25)17-20-10-5-4-6-11-20/h4-8,10-12,14,18-19,23-25H,9,13,15-17H2,1-3H3,(H,30,34)(H,31,35)/t23-,24+,25?/m0/s1. The number of benzene rings is 2. The molecule has 1 fully saturated rings. The van der Waals surface area contributed by atoms with E-state index in [2.05, 4.69) is 27.7 Å². The van der Waals surface area contributed by atoms with E-state index in [1.807, 2.05) is 47.8 Å². The Kier molecular flexibility index (Phi) is 8.61. The topological polar surface area (TPSA) is 87.7 Å². The van der Waals surface area contributed by atoms with Gasteiger partial charge in [-0.1, -0.05) is 48.5 Å². The Morgan fingerprint density at radius 2 is 1.84 bits per heavy atom. The van der Waals surface area contributed by atoms with Gasteiger partial charge in [0.15, 0.2) is 0 Å². The Morgan fingerprint density at radius 1 is 1.11 bits per heavy atom. The summed E-state index contributed by atoms with van der Waals surface area (Å²) in [6, 6.07) is 16.4. The van der Waals surface area contributed by atoms with E-state index in [9.17, 15) is 14.4 Å². The van der Waals surface area contributed by atoms with Crippen molar-refractivity contribution in [2.75, 3.05) is 6.54 Å². The van der Waals surface area contributed by atoms with Crippen LogP contribution in [0.5, 0.6) is 0 Å². The summed E-state index contributed by atoms with van der Waals surface area (Å²) in [4.78, 5) is 40.6. The van der Waals surface area contributed by atoms with Gasteiger partial charge in [0.2, 0.25) is 5.91 Å². The lowest BCUT2D eigenvalue weighted by molar-refractivity contribution is -0.126. The number of carbonyl (C=O) groups is 3. The number of fused-ring (bicyclic) bond motifs is 1. The van der Waals surface area contributed by atoms with Crippen LogP contribution in [0.1, 0.15) is 44.7 Å². The lowest BCUT2D eigenvalue weighted by atomic mass is 10.0. The highest BCUT2D eigenvalue weighted by atomic mass is 32.1. The molecule has 0 spiro atoms. The molecule has 2 N–H and O–H groups in total. The predicted molar refractivity (Wildman–Crippen MR) is 147 cm³/mol. The maximum atomic E-state index is 13.5. The normalized spacial score (nSPS) is 17.8. The monoisotopic (exact) mass is 521 g/mol. The van der Waals surface area contributed by atoms with Crippen molar-refractivity contribution in [3.8, 4) is 0 Å². The van der Waals surface area contributed by atoms with E-state index in [1.165, 1.54) is 5.56 Å². The SMILES string of the molecule is CC(C)(C)OC(=O)N[C@@H](Cc1csc2ccccc12)C(=O)N[C@H](C=O)C1CCCN1Cc1ccccc1. The lowest BCUT2D eigenvalue weighted by Crippen LogP contribution is -2.56. The molecular formula is C29H35N3O4S. The molecule has 7 nitrogen and oxygen atoms in total. The minimum atomic E-state index is -0.890. The van der Waals surface area contributed by atoms with Gasteiger partial charge in [0.1, 0.15) is 24.0 Å². The molecule has 0 radical (unpaired) electrons. The third kappa shape index (κ3) is 7.17. The maximum absolute atomic E-state index is 13.5. The second kappa shape index (κ2) is 11.9. The first-order valence-corrected chi connectivity index (χ1v) is 13.6. The van der Waals surface area contributed by atoms with E-state index in [0.29, 0.717) is 13.0 Å². The number of rotatable bonds is 9. The first-order valence-electron chi connectivity index (χ1n) is 12.7. The predicted octanol–water partition coefficient (Wildman–Crippen LogP) is 4.69. The fraction of sp³-hybridized carbons (Fsp3) is 0.414. The zero-order chi connectivity index (χ0) is 26.4. The number of hydrogen-bond donors (Lipinski definition) is 2. The van der Waals surface area contributed by atoms with Crippen molar-refractivity contribution < 1.29 is 19.1 Å². The van der Waals surface area contributed by atoms with Gasteiger partial charge in [-0.05, 0) is 68.1 Å². The molecule has 1 aliphatic rings. The zero-order valence-electron chi connectivity index (χ0n) is 21.6. The number of nitrogens with zero attached hydrogens (tertiary/aromatic N) is 1. The molecule has 1 aliphatic heterocycles. The molecule has 3 atom stereocenters. The van der Waals surface area contributed by atoms with Gasteiger partial charge in [0, 0.05) is 23.7 Å². The van der Waals surface area contributed by atoms with E-state index < -0.39 is 29.7 Å². The lowest BCUT2D eigenvalue weighted by Gasteiger charge is -2.30. The third-order valence-electron chi connectivity index (χ3n) is 6.51. The minimum absolute atomic E-state index is 0.106. The van der Waals surface area contributed by atoms with Crippen molar-refractivity contribution in [1.82, 2.24) is 15.5 Å². The van der Waals surface area contributed by atoms with Crippen LogP contribution in [0, 0.1) is 0 Å². The van der Waals surface area contributed by atoms with E-state index in [0.717, 1.165) is 41.3 Å². The highest BCUT2D eigenvalue weighted by Gasteiger charge is 2.34. The average Bonchev–Trinajstić information content (AvgIpc) is 3.48. The second-order valence-corrected chi connectivity index (χ2v) is 11.4. The number of ether oxygens (including phenoxy) is 1.